The predicted molar refractivity (Wildman–Crippen MR) is 122 cm³/mol. The molecule has 0 atom stereocenters. The zero-order valence-corrected chi connectivity index (χ0v) is 16.9. The minimum absolute atomic E-state index is 0.429. The largest absolute Gasteiger partial charge is 0.497 e. The van der Waals surface area contributed by atoms with E-state index in [0.29, 0.717) is 5.82 Å². The molecule has 0 aliphatic carbocycles. The minimum atomic E-state index is 0.429. The van der Waals surface area contributed by atoms with Gasteiger partial charge in [-0.25, -0.2) is 4.68 Å². The summed E-state index contributed by atoms with van der Waals surface area (Å²) in [5.41, 5.74) is 9.82. The quantitative estimate of drug-likeness (QED) is 0.417. The van der Waals surface area contributed by atoms with Crippen LogP contribution in [0.2, 0.25) is 0 Å². The number of nitrogen functional groups attached to an aromatic ring is 1. The summed E-state index contributed by atoms with van der Waals surface area (Å²) in [6, 6.07) is 27.1. The number of ether oxygens (including phenoxy) is 2. The number of nitrogens with two attached hydrogens (primary N) is 1. The van der Waals surface area contributed by atoms with Crippen LogP contribution in [0, 0.1) is 0 Å². The van der Waals surface area contributed by atoms with Crippen molar-refractivity contribution < 1.29 is 9.47 Å². The number of benzene rings is 3. The molecule has 6 heteroatoms. The number of hydrogen-bond acceptors (Lipinski definition) is 5. The summed E-state index contributed by atoms with van der Waals surface area (Å²) in [4.78, 5) is 4.59. The molecule has 2 heterocycles. The van der Waals surface area contributed by atoms with Gasteiger partial charge in [0.05, 0.1) is 29.4 Å². The van der Waals surface area contributed by atoms with Crippen LogP contribution in [-0.2, 0) is 0 Å². The minimum Gasteiger partial charge on any atom is -0.497 e. The van der Waals surface area contributed by atoms with Crippen LogP contribution in [0.3, 0.4) is 0 Å². The van der Waals surface area contributed by atoms with Crippen LogP contribution in [0.1, 0.15) is 0 Å². The third kappa shape index (κ3) is 3.55. The van der Waals surface area contributed by atoms with Gasteiger partial charge in [0.15, 0.2) is 5.82 Å². The van der Waals surface area contributed by atoms with Crippen LogP contribution in [0.4, 0.5) is 5.82 Å². The molecule has 5 rings (SSSR count). The first kappa shape index (κ1) is 18.7. The molecule has 0 radical (unpaired) electrons. The molecule has 0 saturated heterocycles. The van der Waals surface area contributed by atoms with Gasteiger partial charge >= 0.3 is 0 Å². The first-order chi connectivity index (χ1) is 15.2. The van der Waals surface area contributed by atoms with E-state index in [1.54, 1.807) is 13.3 Å². The average Bonchev–Trinajstić information content (AvgIpc) is 3.17. The Labute approximate surface area is 179 Å². The van der Waals surface area contributed by atoms with E-state index >= 15 is 0 Å². The van der Waals surface area contributed by atoms with E-state index in [1.807, 2.05) is 89.6 Å². The fraction of sp³-hybridized carbons (Fsp3) is 0.0400. The van der Waals surface area contributed by atoms with Crippen molar-refractivity contribution in [1.82, 2.24) is 14.8 Å². The van der Waals surface area contributed by atoms with Crippen LogP contribution in [0.25, 0.3) is 27.8 Å². The van der Waals surface area contributed by atoms with E-state index in [0.717, 1.165) is 45.1 Å². The van der Waals surface area contributed by atoms with E-state index in [-0.39, 0.29) is 0 Å². The van der Waals surface area contributed by atoms with Gasteiger partial charge in [-0.3, -0.25) is 4.98 Å². The Morgan fingerprint density at radius 1 is 0.774 bits per heavy atom. The van der Waals surface area contributed by atoms with E-state index in [9.17, 15) is 0 Å². The first-order valence-corrected chi connectivity index (χ1v) is 9.84. The highest BCUT2D eigenvalue weighted by atomic mass is 16.5. The molecule has 6 nitrogen and oxygen atoms in total. The fourth-order valence-corrected chi connectivity index (χ4v) is 3.54. The van der Waals surface area contributed by atoms with Crippen LogP contribution < -0.4 is 15.2 Å². The third-order valence-electron chi connectivity index (χ3n) is 5.04. The van der Waals surface area contributed by atoms with Gasteiger partial charge in [-0.1, -0.05) is 18.2 Å². The second kappa shape index (κ2) is 7.84. The number of nitrogens with zero attached hydrogens (tertiary/aromatic N) is 3. The molecular weight excluding hydrogens is 388 g/mol. The van der Waals surface area contributed by atoms with Gasteiger partial charge < -0.3 is 15.2 Å². The molecule has 152 valence electrons. The Balaban J connectivity index is 1.52. The number of anilines is 1. The summed E-state index contributed by atoms with van der Waals surface area (Å²) >= 11 is 0. The molecule has 3 aromatic carbocycles. The van der Waals surface area contributed by atoms with Crippen LogP contribution in [0.15, 0.2) is 91.1 Å². The van der Waals surface area contributed by atoms with Crippen molar-refractivity contribution in [3.8, 4) is 34.2 Å². The number of hydrogen-bond donors (Lipinski definition) is 1. The lowest BCUT2D eigenvalue weighted by molar-refractivity contribution is 0.414. The highest BCUT2D eigenvalue weighted by Crippen LogP contribution is 2.33. The van der Waals surface area contributed by atoms with Gasteiger partial charge in [-0.05, 0) is 66.7 Å². The summed E-state index contributed by atoms with van der Waals surface area (Å²) in [7, 11) is 1.64. The number of methoxy groups -OCH3 is 1. The highest BCUT2D eigenvalue weighted by molar-refractivity contribution is 6.00. The molecule has 5 aromatic rings. The third-order valence-corrected chi connectivity index (χ3v) is 5.04. The standard InChI is InChI=1S/C25H20N4O2/c1-30-19-13-9-18(10-14-19)29-22-15-16-27-24(23(22)25(26)28-29)17-7-11-21(12-8-17)31-20-5-3-2-4-6-20/h2-16H,1H3,(H2,26,28). The van der Waals surface area contributed by atoms with Crippen LogP contribution in [0.5, 0.6) is 17.2 Å². The Morgan fingerprint density at radius 2 is 1.45 bits per heavy atom. The second-order valence-electron chi connectivity index (χ2n) is 6.99. The van der Waals surface area contributed by atoms with Crippen molar-refractivity contribution in [1.29, 1.82) is 0 Å². The molecule has 0 bridgehead atoms. The summed E-state index contributed by atoms with van der Waals surface area (Å²) in [5.74, 6) is 2.76. The average molecular weight is 408 g/mol. The lowest BCUT2D eigenvalue weighted by Crippen LogP contribution is -1.97. The topological polar surface area (TPSA) is 75.2 Å². The van der Waals surface area contributed by atoms with E-state index in [1.165, 1.54) is 0 Å². The molecule has 0 unspecified atom stereocenters. The number of pyridine rings is 1. The van der Waals surface area contributed by atoms with Crippen molar-refractivity contribution in [2.75, 3.05) is 12.8 Å². The van der Waals surface area contributed by atoms with Crippen molar-refractivity contribution in [3.63, 3.8) is 0 Å². The lowest BCUT2D eigenvalue weighted by atomic mass is 10.1. The Bertz CT molecular complexity index is 1330. The number of aromatic nitrogens is 3. The Kier molecular flexibility index (Phi) is 4.72. The molecule has 0 aliphatic rings. The smallest absolute Gasteiger partial charge is 0.156 e. The van der Waals surface area contributed by atoms with Crippen LogP contribution in [-0.4, -0.2) is 21.9 Å². The maximum atomic E-state index is 6.32. The molecule has 2 aromatic heterocycles. The fourth-order valence-electron chi connectivity index (χ4n) is 3.54. The van der Waals surface area contributed by atoms with Gasteiger partial charge in [0.2, 0.25) is 0 Å². The molecular formula is C25H20N4O2. The molecule has 31 heavy (non-hydrogen) atoms. The number of rotatable bonds is 5. The first-order valence-electron chi connectivity index (χ1n) is 9.84. The molecule has 0 spiro atoms. The molecule has 0 saturated carbocycles. The van der Waals surface area contributed by atoms with Crippen LogP contribution >= 0.6 is 0 Å². The van der Waals surface area contributed by atoms with Gasteiger partial charge in [0.1, 0.15) is 17.2 Å². The van der Waals surface area contributed by atoms with Gasteiger partial charge in [0, 0.05) is 11.8 Å². The predicted octanol–water partition coefficient (Wildman–Crippen LogP) is 5.47. The molecule has 0 aliphatic heterocycles. The Hall–Kier alpha value is -4.32. The SMILES string of the molecule is COc1ccc(-n2nc(N)c3c(-c4ccc(Oc5ccccc5)cc4)nccc32)cc1. The normalized spacial score (nSPS) is 10.9. The maximum Gasteiger partial charge on any atom is 0.156 e. The molecule has 2 N–H and O–H groups in total. The maximum absolute atomic E-state index is 6.32. The van der Waals surface area contributed by atoms with E-state index in [2.05, 4.69) is 10.1 Å². The van der Waals surface area contributed by atoms with Crippen molar-refractivity contribution in [2.45, 2.75) is 0 Å². The summed E-state index contributed by atoms with van der Waals surface area (Å²) in [6.45, 7) is 0. The van der Waals surface area contributed by atoms with Crippen molar-refractivity contribution in [3.05, 3.63) is 91.1 Å². The van der Waals surface area contributed by atoms with Crippen molar-refractivity contribution >= 4 is 16.7 Å². The molecule has 0 amide bonds. The highest BCUT2D eigenvalue weighted by Gasteiger charge is 2.16. The summed E-state index contributed by atoms with van der Waals surface area (Å²) in [5, 5.41) is 5.38. The number of fused-ring (bicyclic) bond motifs is 1. The van der Waals surface area contributed by atoms with E-state index in [4.69, 9.17) is 15.2 Å². The summed E-state index contributed by atoms with van der Waals surface area (Å²) < 4.78 is 13.0. The van der Waals surface area contributed by atoms with Crippen molar-refractivity contribution in [2.24, 2.45) is 0 Å². The van der Waals surface area contributed by atoms with Gasteiger partial charge in [-0.15, -0.1) is 5.10 Å². The zero-order valence-electron chi connectivity index (χ0n) is 16.9. The molecule has 0 fully saturated rings. The summed E-state index contributed by atoms with van der Waals surface area (Å²) in [6.07, 6.45) is 1.77. The van der Waals surface area contributed by atoms with E-state index < -0.39 is 0 Å². The van der Waals surface area contributed by atoms with Gasteiger partial charge in [0.25, 0.3) is 0 Å². The number of para-hydroxylation sites is 1. The van der Waals surface area contributed by atoms with Gasteiger partial charge in [-0.2, -0.15) is 0 Å². The Morgan fingerprint density at radius 3 is 2.16 bits per heavy atom. The lowest BCUT2D eigenvalue weighted by Gasteiger charge is -2.08. The zero-order chi connectivity index (χ0) is 21.2. The monoisotopic (exact) mass is 408 g/mol. The second-order valence-corrected chi connectivity index (χ2v) is 6.99.